The second-order valence-electron chi connectivity index (χ2n) is 4.26. The Labute approximate surface area is 111 Å². The predicted octanol–water partition coefficient (Wildman–Crippen LogP) is 0.776. The van der Waals surface area contributed by atoms with Crippen LogP contribution >= 0.6 is 0 Å². The van der Waals surface area contributed by atoms with Crippen molar-refractivity contribution in [1.29, 1.82) is 0 Å². The number of ketones is 1. The summed E-state index contributed by atoms with van der Waals surface area (Å²) >= 11 is 0. The zero-order chi connectivity index (χ0) is 14.4. The van der Waals surface area contributed by atoms with E-state index in [1.54, 1.807) is 31.2 Å². The third-order valence-electron chi connectivity index (χ3n) is 2.60. The first-order chi connectivity index (χ1) is 8.95. The van der Waals surface area contributed by atoms with Gasteiger partial charge in [0.25, 0.3) is 0 Å². The van der Waals surface area contributed by atoms with Gasteiger partial charge in [0, 0.05) is 6.42 Å². The number of aliphatic hydroxyl groups excluding tert-OH is 2. The SMILES string of the molecule is CCOC(=O)C(O)C(O)c1ccc(CC(C)=O)cc1. The molecular formula is C14H18O5. The zero-order valence-corrected chi connectivity index (χ0v) is 11.0. The summed E-state index contributed by atoms with van der Waals surface area (Å²) in [6, 6.07) is 6.51. The summed E-state index contributed by atoms with van der Waals surface area (Å²) in [5, 5.41) is 19.4. The van der Waals surface area contributed by atoms with E-state index in [-0.39, 0.29) is 12.4 Å². The molecule has 1 rings (SSSR count). The van der Waals surface area contributed by atoms with Crippen LogP contribution < -0.4 is 0 Å². The highest BCUT2D eigenvalue weighted by molar-refractivity contribution is 5.78. The summed E-state index contributed by atoms with van der Waals surface area (Å²) in [5.74, 6) is -0.817. The fourth-order valence-corrected chi connectivity index (χ4v) is 1.66. The fourth-order valence-electron chi connectivity index (χ4n) is 1.66. The van der Waals surface area contributed by atoms with E-state index in [2.05, 4.69) is 4.74 Å². The van der Waals surface area contributed by atoms with Crippen LogP contribution in [0.5, 0.6) is 0 Å². The van der Waals surface area contributed by atoms with Crippen LogP contribution in [-0.4, -0.2) is 34.7 Å². The van der Waals surface area contributed by atoms with Gasteiger partial charge in [0.15, 0.2) is 6.10 Å². The van der Waals surface area contributed by atoms with Crippen molar-refractivity contribution in [2.24, 2.45) is 0 Å². The summed E-state index contributed by atoms with van der Waals surface area (Å²) < 4.78 is 4.63. The minimum atomic E-state index is -1.61. The highest BCUT2D eigenvalue weighted by Gasteiger charge is 2.26. The van der Waals surface area contributed by atoms with Crippen LogP contribution in [0.4, 0.5) is 0 Å². The van der Waals surface area contributed by atoms with Crippen LogP contribution in [0, 0.1) is 0 Å². The van der Waals surface area contributed by atoms with Gasteiger partial charge < -0.3 is 14.9 Å². The number of benzene rings is 1. The van der Waals surface area contributed by atoms with E-state index in [1.807, 2.05) is 0 Å². The Bertz CT molecular complexity index is 438. The molecule has 0 bridgehead atoms. The van der Waals surface area contributed by atoms with Crippen LogP contribution in [0.1, 0.15) is 31.1 Å². The smallest absolute Gasteiger partial charge is 0.338 e. The standard InChI is InChI=1S/C14H18O5/c1-3-19-14(18)13(17)12(16)11-6-4-10(5-7-11)8-9(2)15/h4-7,12-13,16-17H,3,8H2,1-2H3. The lowest BCUT2D eigenvalue weighted by molar-refractivity contribution is -0.159. The molecule has 0 radical (unpaired) electrons. The minimum Gasteiger partial charge on any atom is -0.464 e. The molecule has 0 aromatic heterocycles. The molecule has 5 nitrogen and oxygen atoms in total. The second-order valence-corrected chi connectivity index (χ2v) is 4.26. The number of esters is 1. The highest BCUT2D eigenvalue weighted by atomic mass is 16.5. The molecule has 0 spiro atoms. The van der Waals surface area contributed by atoms with Gasteiger partial charge in [0.1, 0.15) is 11.9 Å². The first-order valence-corrected chi connectivity index (χ1v) is 6.06. The quantitative estimate of drug-likeness (QED) is 0.743. The van der Waals surface area contributed by atoms with E-state index in [0.717, 1.165) is 5.56 Å². The average Bonchev–Trinajstić information content (AvgIpc) is 2.37. The summed E-state index contributed by atoms with van der Waals surface area (Å²) in [4.78, 5) is 22.2. The van der Waals surface area contributed by atoms with Gasteiger partial charge in [-0.3, -0.25) is 4.79 Å². The number of ether oxygens (including phenoxy) is 1. The summed E-state index contributed by atoms with van der Waals surface area (Å²) in [5.41, 5.74) is 1.21. The van der Waals surface area contributed by atoms with Crippen molar-refractivity contribution in [2.75, 3.05) is 6.61 Å². The Morgan fingerprint density at radius 3 is 2.26 bits per heavy atom. The lowest BCUT2D eigenvalue weighted by Gasteiger charge is -2.16. The first kappa shape index (κ1) is 15.3. The van der Waals surface area contributed by atoms with Gasteiger partial charge in [0.2, 0.25) is 0 Å². The molecule has 0 heterocycles. The molecule has 5 heteroatoms. The topological polar surface area (TPSA) is 83.8 Å². The Morgan fingerprint density at radius 2 is 1.79 bits per heavy atom. The first-order valence-electron chi connectivity index (χ1n) is 6.06. The average molecular weight is 266 g/mol. The number of hydrogen-bond donors (Lipinski definition) is 2. The third-order valence-corrected chi connectivity index (χ3v) is 2.60. The van der Waals surface area contributed by atoms with Crippen molar-refractivity contribution < 1.29 is 24.5 Å². The molecule has 0 fully saturated rings. The largest absolute Gasteiger partial charge is 0.464 e. The Hall–Kier alpha value is -1.72. The minimum absolute atomic E-state index is 0.0415. The molecule has 0 saturated carbocycles. The van der Waals surface area contributed by atoms with Crippen LogP contribution in [-0.2, 0) is 20.7 Å². The maximum absolute atomic E-state index is 11.3. The van der Waals surface area contributed by atoms with Crippen molar-refractivity contribution >= 4 is 11.8 Å². The third kappa shape index (κ3) is 4.46. The van der Waals surface area contributed by atoms with Gasteiger partial charge in [0.05, 0.1) is 6.61 Å². The molecule has 2 unspecified atom stereocenters. The van der Waals surface area contributed by atoms with Crippen molar-refractivity contribution in [3.63, 3.8) is 0 Å². The molecule has 104 valence electrons. The molecule has 2 atom stereocenters. The number of Topliss-reactive ketones (excluding diaryl/α,β-unsaturated/α-hetero) is 1. The molecule has 0 aliphatic heterocycles. The van der Waals surface area contributed by atoms with Crippen molar-refractivity contribution in [2.45, 2.75) is 32.5 Å². The van der Waals surface area contributed by atoms with E-state index in [0.29, 0.717) is 12.0 Å². The highest BCUT2D eigenvalue weighted by Crippen LogP contribution is 2.18. The molecule has 1 aromatic carbocycles. The lowest BCUT2D eigenvalue weighted by Crippen LogP contribution is -2.29. The summed E-state index contributed by atoms with van der Waals surface area (Å²) in [6.45, 7) is 3.25. The van der Waals surface area contributed by atoms with E-state index < -0.39 is 18.2 Å². The Balaban J connectivity index is 2.74. The van der Waals surface area contributed by atoms with Crippen molar-refractivity contribution in [3.05, 3.63) is 35.4 Å². The summed E-state index contributed by atoms with van der Waals surface area (Å²) in [7, 11) is 0. The van der Waals surface area contributed by atoms with Gasteiger partial charge in [-0.05, 0) is 25.0 Å². The van der Waals surface area contributed by atoms with Crippen LogP contribution in [0.3, 0.4) is 0 Å². The van der Waals surface area contributed by atoms with Gasteiger partial charge in [-0.25, -0.2) is 4.79 Å². The number of aliphatic hydroxyl groups is 2. The van der Waals surface area contributed by atoms with E-state index in [4.69, 9.17) is 0 Å². The van der Waals surface area contributed by atoms with E-state index in [1.165, 1.54) is 6.92 Å². The van der Waals surface area contributed by atoms with Crippen LogP contribution in [0.2, 0.25) is 0 Å². The molecular weight excluding hydrogens is 248 g/mol. The number of hydrogen-bond acceptors (Lipinski definition) is 5. The molecule has 19 heavy (non-hydrogen) atoms. The molecule has 1 aromatic rings. The lowest BCUT2D eigenvalue weighted by atomic mass is 10.0. The van der Waals surface area contributed by atoms with Crippen molar-refractivity contribution in [3.8, 4) is 0 Å². The Morgan fingerprint density at radius 1 is 1.21 bits per heavy atom. The normalized spacial score (nSPS) is 13.7. The second kappa shape index (κ2) is 7.01. The number of carbonyl (C=O) groups excluding carboxylic acids is 2. The number of carbonyl (C=O) groups is 2. The van der Waals surface area contributed by atoms with E-state index >= 15 is 0 Å². The predicted molar refractivity (Wildman–Crippen MR) is 68.4 cm³/mol. The molecule has 2 N–H and O–H groups in total. The van der Waals surface area contributed by atoms with Gasteiger partial charge in [-0.2, -0.15) is 0 Å². The van der Waals surface area contributed by atoms with Gasteiger partial charge >= 0.3 is 5.97 Å². The molecule has 0 aliphatic rings. The van der Waals surface area contributed by atoms with Crippen molar-refractivity contribution in [1.82, 2.24) is 0 Å². The van der Waals surface area contributed by atoms with Gasteiger partial charge in [-0.1, -0.05) is 24.3 Å². The summed E-state index contributed by atoms with van der Waals surface area (Å²) in [6.07, 6.45) is -2.64. The molecule has 0 amide bonds. The van der Waals surface area contributed by atoms with Crippen LogP contribution in [0.25, 0.3) is 0 Å². The molecule has 0 saturated heterocycles. The number of rotatable bonds is 6. The fraction of sp³-hybridized carbons (Fsp3) is 0.429. The monoisotopic (exact) mass is 266 g/mol. The maximum Gasteiger partial charge on any atom is 0.338 e. The Kier molecular flexibility index (Phi) is 5.66. The van der Waals surface area contributed by atoms with Crippen LogP contribution in [0.15, 0.2) is 24.3 Å². The maximum atomic E-state index is 11.3. The van der Waals surface area contributed by atoms with Gasteiger partial charge in [-0.15, -0.1) is 0 Å². The van der Waals surface area contributed by atoms with E-state index in [9.17, 15) is 19.8 Å². The zero-order valence-electron chi connectivity index (χ0n) is 11.0. The molecule has 0 aliphatic carbocycles.